The number of nitrogens with zero attached hydrogens (tertiary/aromatic N) is 1. The van der Waals surface area contributed by atoms with Crippen molar-refractivity contribution in [3.8, 4) is 0 Å². The topological polar surface area (TPSA) is 50.9 Å². The monoisotopic (exact) mass is 269 g/mol. The number of fused-ring (bicyclic) bond motifs is 1. The zero-order valence-electron chi connectivity index (χ0n) is 10.4. The number of nitrogens with two attached hydrogens (primary N) is 1. The molecule has 3 aromatic rings. The molecule has 3 N–H and O–H groups in total. The summed E-state index contributed by atoms with van der Waals surface area (Å²) in [4.78, 5) is 5.92. The molecule has 4 heteroatoms. The van der Waals surface area contributed by atoms with E-state index in [1.807, 2.05) is 24.3 Å². The molecule has 0 bridgehead atoms. The summed E-state index contributed by atoms with van der Waals surface area (Å²) in [5, 5.41) is 3.23. The van der Waals surface area contributed by atoms with E-state index in [0.29, 0.717) is 0 Å². The third-order valence-corrected chi connectivity index (χ3v) is 4.14. The first-order valence-electron chi connectivity index (χ1n) is 6.21. The molecule has 0 saturated heterocycles. The Hall–Kier alpha value is -1.75. The van der Waals surface area contributed by atoms with Crippen LogP contribution in [0.4, 0.5) is 0 Å². The Morgan fingerprint density at radius 3 is 2.79 bits per heavy atom. The van der Waals surface area contributed by atoms with E-state index in [1.165, 1.54) is 10.3 Å². The molecule has 0 aliphatic carbocycles. The average molecular weight is 269 g/mol. The molecule has 1 aromatic carbocycles. The molecule has 0 aliphatic heterocycles. The van der Waals surface area contributed by atoms with Gasteiger partial charge in [0.15, 0.2) is 0 Å². The highest BCUT2D eigenvalue weighted by atomic mass is 32.1. The largest absolute Gasteiger partial charge is 0.271 e. The van der Waals surface area contributed by atoms with Crippen LogP contribution in [0.5, 0.6) is 0 Å². The van der Waals surface area contributed by atoms with E-state index in [2.05, 4.69) is 40.1 Å². The van der Waals surface area contributed by atoms with E-state index in [4.69, 9.17) is 5.84 Å². The molecule has 19 heavy (non-hydrogen) atoms. The Kier molecular flexibility index (Phi) is 3.55. The average Bonchev–Trinajstić information content (AvgIpc) is 2.98. The van der Waals surface area contributed by atoms with Gasteiger partial charge in [-0.25, -0.2) is 0 Å². The zero-order valence-corrected chi connectivity index (χ0v) is 11.2. The molecule has 1 unspecified atom stereocenters. The van der Waals surface area contributed by atoms with E-state index in [0.717, 1.165) is 17.6 Å². The highest BCUT2D eigenvalue weighted by Crippen LogP contribution is 2.22. The maximum Gasteiger partial charge on any atom is 0.0705 e. The normalized spacial score (nSPS) is 12.7. The van der Waals surface area contributed by atoms with Crippen molar-refractivity contribution in [2.75, 3.05) is 0 Å². The molecule has 96 valence electrons. The van der Waals surface area contributed by atoms with Gasteiger partial charge in [-0.05, 0) is 23.6 Å². The molecule has 0 amide bonds. The first-order valence-corrected chi connectivity index (χ1v) is 7.09. The second-order valence-electron chi connectivity index (χ2n) is 4.43. The SMILES string of the molecule is NNC(Cc1ccc2ccccc2n1)c1cccs1. The van der Waals surface area contributed by atoms with Crippen molar-refractivity contribution < 1.29 is 0 Å². The predicted octanol–water partition coefficient (Wildman–Crippen LogP) is 3.04. The number of para-hydroxylation sites is 1. The Labute approximate surface area is 116 Å². The summed E-state index contributed by atoms with van der Waals surface area (Å²) in [6, 6.07) is 16.6. The van der Waals surface area contributed by atoms with Crippen LogP contribution in [-0.4, -0.2) is 4.98 Å². The minimum Gasteiger partial charge on any atom is -0.271 e. The fourth-order valence-electron chi connectivity index (χ4n) is 2.16. The van der Waals surface area contributed by atoms with Gasteiger partial charge in [-0.15, -0.1) is 11.3 Å². The molecular formula is C15H15N3S. The van der Waals surface area contributed by atoms with Crippen molar-refractivity contribution >= 4 is 22.2 Å². The van der Waals surface area contributed by atoms with Gasteiger partial charge in [-0.1, -0.05) is 30.3 Å². The summed E-state index contributed by atoms with van der Waals surface area (Å²) in [6.45, 7) is 0. The zero-order chi connectivity index (χ0) is 13.1. The van der Waals surface area contributed by atoms with Crippen molar-refractivity contribution in [2.45, 2.75) is 12.5 Å². The number of aromatic nitrogens is 1. The maximum atomic E-state index is 5.65. The fraction of sp³-hybridized carbons (Fsp3) is 0.133. The molecule has 3 nitrogen and oxygen atoms in total. The van der Waals surface area contributed by atoms with Crippen LogP contribution >= 0.6 is 11.3 Å². The number of benzene rings is 1. The third kappa shape index (κ3) is 2.66. The lowest BCUT2D eigenvalue weighted by molar-refractivity contribution is 0.555. The number of nitrogens with one attached hydrogen (secondary N) is 1. The number of hydrogen-bond acceptors (Lipinski definition) is 4. The van der Waals surface area contributed by atoms with Crippen LogP contribution in [0.25, 0.3) is 10.9 Å². The number of thiophene rings is 1. The van der Waals surface area contributed by atoms with Crippen LogP contribution < -0.4 is 11.3 Å². The third-order valence-electron chi connectivity index (χ3n) is 3.16. The van der Waals surface area contributed by atoms with Crippen LogP contribution in [0.1, 0.15) is 16.6 Å². The number of pyridine rings is 1. The summed E-state index contributed by atoms with van der Waals surface area (Å²) in [6.07, 6.45) is 0.793. The van der Waals surface area contributed by atoms with E-state index in [1.54, 1.807) is 11.3 Å². The van der Waals surface area contributed by atoms with E-state index >= 15 is 0 Å². The first kappa shape index (κ1) is 12.3. The van der Waals surface area contributed by atoms with Crippen molar-refractivity contribution in [3.63, 3.8) is 0 Å². The number of hydrogen-bond donors (Lipinski definition) is 2. The van der Waals surface area contributed by atoms with Crippen molar-refractivity contribution in [2.24, 2.45) is 5.84 Å². The van der Waals surface area contributed by atoms with E-state index in [-0.39, 0.29) is 6.04 Å². The van der Waals surface area contributed by atoms with Crippen molar-refractivity contribution in [1.29, 1.82) is 0 Å². The van der Waals surface area contributed by atoms with Gasteiger partial charge in [0.1, 0.15) is 0 Å². The summed E-state index contributed by atoms with van der Waals surface area (Å²) in [7, 11) is 0. The lowest BCUT2D eigenvalue weighted by atomic mass is 10.1. The highest BCUT2D eigenvalue weighted by Gasteiger charge is 2.12. The summed E-state index contributed by atoms with van der Waals surface area (Å²) >= 11 is 1.71. The second-order valence-corrected chi connectivity index (χ2v) is 5.41. The van der Waals surface area contributed by atoms with Crippen LogP contribution in [0.3, 0.4) is 0 Å². The molecule has 0 radical (unpaired) electrons. The number of rotatable bonds is 4. The lowest BCUT2D eigenvalue weighted by Crippen LogP contribution is -2.29. The Balaban J connectivity index is 1.88. The molecule has 2 heterocycles. The van der Waals surface area contributed by atoms with Gasteiger partial charge in [0.05, 0.1) is 11.6 Å². The van der Waals surface area contributed by atoms with E-state index in [9.17, 15) is 0 Å². The van der Waals surface area contributed by atoms with Gasteiger partial charge in [0.25, 0.3) is 0 Å². The van der Waals surface area contributed by atoms with Gasteiger partial charge in [0, 0.05) is 22.4 Å². The van der Waals surface area contributed by atoms with Crippen LogP contribution in [-0.2, 0) is 6.42 Å². The maximum absolute atomic E-state index is 5.65. The van der Waals surface area contributed by atoms with Gasteiger partial charge in [-0.3, -0.25) is 16.3 Å². The van der Waals surface area contributed by atoms with E-state index < -0.39 is 0 Å². The fourth-order valence-corrected chi connectivity index (χ4v) is 2.95. The molecular weight excluding hydrogens is 254 g/mol. The summed E-state index contributed by atoms with van der Waals surface area (Å²) < 4.78 is 0. The first-order chi connectivity index (χ1) is 9.36. The van der Waals surface area contributed by atoms with Crippen LogP contribution in [0.2, 0.25) is 0 Å². The smallest absolute Gasteiger partial charge is 0.0705 e. The van der Waals surface area contributed by atoms with Crippen LogP contribution in [0.15, 0.2) is 53.9 Å². The molecule has 0 spiro atoms. The molecule has 0 aliphatic rings. The lowest BCUT2D eigenvalue weighted by Gasteiger charge is -2.14. The van der Waals surface area contributed by atoms with Gasteiger partial charge >= 0.3 is 0 Å². The van der Waals surface area contributed by atoms with Gasteiger partial charge in [0.2, 0.25) is 0 Å². The molecule has 3 rings (SSSR count). The summed E-state index contributed by atoms with van der Waals surface area (Å²) in [5.41, 5.74) is 4.95. The summed E-state index contributed by atoms with van der Waals surface area (Å²) in [5.74, 6) is 5.65. The Morgan fingerprint density at radius 2 is 2.00 bits per heavy atom. The second kappa shape index (κ2) is 5.48. The standard InChI is InChI=1S/C15H15N3S/c16-18-14(15-6-3-9-19-15)10-12-8-7-11-4-1-2-5-13(11)17-12/h1-9,14,18H,10,16H2. The van der Waals surface area contributed by atoms with Crippen LogP contribution in [0, 0.1) is 0 Å². The number of hydrazine groups is 1. The molecule has 1 atom stereocenters. The van der Waals surface area contributed by atoms with Crippen molar-refractivity contribution in [1.82, 2.24) is 10.4 Å². The predicted molar refractivity (Wildman–Crippen MR) is 79.8 cm³/mol. The van der Waals surface area contributed by atoms with Crippen molar-refractivity contribution in [3.05, 3.63) is 64.5 Å². The van der Waals surface area contributed by atoms with Gasteiger partial charge in [-0.2, -0.15) is 0 Å². The minimum atomic E-state index is 0.119. The molecule has 2 aromatic heterocycles. The Morgan fingerprint density at radius 1 is 1.11 bits per heavy atom. The quantitative estimate of drug-likeness (QED) is 0.565. The highest BCUT2D eigenvalue weighted by molar-refractivity contribution is 7.10. The minimum absolute atomic E-state index is 0.119. The van der Waals surface area contributed by atoms with Gasteiger partial charge < -0.3 is 0 Å². The Bertz CT molecular complexity index is 664. The molecule has 0 saturated carbocycles. The molecule has 0 fully saturated rings.